The number of carboxylic acids is 1. The lowest BCUT2D eigenvalue weighted by Crippen LogP contribution is -2.12. The van der Waals surface area contributed by atoms with E-state index in [1.807, 2.05) is 0 Å². The van der Waals surface area contributed by atoms with Crippen molar-refractivity contribution in [2.45, 2.75) is 17.4 Å². The standard InChI is InChI=1S/C26H25NO6S/c28-23(17-18-33-25-12-5-4-8-21(25)14-16-26(29)30)15-13-20-7-6-9-22(19-20)27-34(31,32)24-10-2-1-3-11-24/h1-16,19,23,27-28H,17-18H2,(H,29,30)/b15-13+,16-14+/t23-/m0/s1. The fourth-order valence-corrected chi connectivity index (χ4v) is 4.11. The molecule has 0 bridgehead atoms. The summed E-state index contributed by atoms with van der Waals surface area (Å²) in [6, 6.07) is 22.0. The van der Waals surface area contributed by atoms with Crippen molar-refractivity contribution in [3.8, 4) is 5.75 Å². The first-order valence-electron chi connectivity index (χ1n) is 10.5. The molecule has 3 aromatic rings. The maximum Gasteiger partial charge on any atom is 0.328 e. The molecule has 0 aliphatic heterocycles. The second-order valence-corrected chi connectivity index (χ2v) is 9.00. The predicted molar refractivity (Wildman–Crippen MR) is 132 cm³/mol. The number of nitrogens with one attached hydrogen (secondary N) is 1. The minimum Gasteiger partial charge on any atom is -0.493 e. The number of aliphatic hydroxyl groups excluding tert-OH is 1. The summed E-state index contributed by atoms with van der Waals surface area (Å²) < 4.78 is 33.2. The normalized spacial score (nSPS) is 12.6. The smallest absolute Gasteiger partial charge is 0.328 e. The van der Waals surface area contributed by atoms with Crippen LogP contribution < -0.4 is 9.46 Å². The average Bonchev–Trinajstić information content (AvgIpc) is 2.82. The molecule has 0 saturated heterocycles. The lowest BCUT2D eigenvalue weighted by molar-refractivity contribution is -0.131. The Kier molecular flexibility index (Phi) is 8.61. The van der Waals surface area contributed by atoms with Gasteiger partial charge in [0, 0.05) is 23.7 Å². The number of para-hydroxylation sites is 1. The summed E-state index contributed by atoms with van der Waals surface area (Å²) >= 11 is 0. The van der Waals surface area contributed by atoms with Gasteiger partial charge in [-0.15, -0.1) is 0 Å². The second kappa shape index (κ2) is 11.8. The van der Waals surface area contributed by atoms with E-state index in [2.05, 4.69) is 4.72 Å². The van der Waals surface area contributed by atoms with Crippen LogP contribution in [0.4, 0.5) is 5.69 Å². The first-order chi connectivity index (χ1) is 16.3. The Morgan fingerprint density at radius 3 is 2.47 bits per heavy atom. The molecule has 176 valence electrons. The molecule has 0 aromatic heterocycles. The number of aliphatic hydroxyl groups is 1. The van der Waals surface area contributed by atoms with E-state index in [-0.39, 0.29) is 11.5 Å². The number of anilines is 1. The number of rotatable bonds is 11. The zero-order valence-electron chi connectivity index (χ0n) is 18.2. The van der Waals surface area contributed by atoms with Crippen LogP contribution in [0.15, 0.2) is 95.9 Å². The van der Waals surface area contributed by atoms with Crippen molar-refractivity contribution in [2.24, 2.45) is 0 Å². The number of carbonyl (C=O) groups is 1. The average molecular weight is 480 g/mol. The summed E-state index contributed by atoms with van der Waals surface area (Å²) in [4.78, 5) is 10.9. The van der Waals surface area contributed by atoms with Gasteiger partial charge in [0.1, 0.15) is 5.75 Å². The Labute approximate surface area is 198 Å². The third-order valence-electron chi connectivity index (χ3n) is 4.70. The van der Waals surface area contributed by atoms with E-state index < -0.39 is 22.1 Å². The van der Waals surface area contributed by atoms with Crippen molar-refractivity contribution in [1.29, 1.82) is 0 Å². The summed E-state index contributed by atoms with van der Waals surface area (Å²) in [7, 11) is -3.69. The molecule has 0 aliphatic carbocycles. The van der Waals surface area contributed by atoms with E-state index in [4.69, 9.17) is 9.84 Å². The van der Waals surface area contributed by atoms with Gasteiger partial charge in [-0.1, -0.05) is 60.7 Å². The molecule has 3 N–H and O–H groups in total. The molecule has 0 saturated carbocycles. The van der Waals surface area contributed by atoms with Crippen LogP contribution in [0, 0.1) is 0 Å². The minimum absolute atomic E-state index is 0.173. The summed E-state index contributed by atoms with van der Waals surface area (Å²) in [5.74, 6) is -0.526. The Bertz CT molecular complexity index is 1270. The maximum absolute atomic E-state index is 12.5. The van der Waals surface area contributed by atoms with Gasteiger partial charge in [0.15, 0.2) is 0 Å². The lowest BCUT2D eigenvalue weighted by Gasteiger charge is -2.11. The molecule has 0 heterocycles. The van der Waals surface area contributed by atoms with Crippen molar-refractivity contribution < 1.29 is 28.2 Å². The zero-order valence-corrected chi connectivity index (χ0v) is 19.1. The van der Waals surface area contributed by atoms with Gasteiger partial charge < -0.3 is 14.9 Å². The van der Waals surface area contributed by atoms with Crippen LogP contribution in [0.25, 0.3) is 12.2 Å². The number of hydrogen-bond acceptors (Lipinski definition) is 5. The van der Waals surface area contributed by atoms with Crippen LogP contribution in [-0.2, 0) is 14.8 Å². The molecule has 34 heavy (non-hydrogen) atoms. The topological polar surface area (TPSA) is 113 Å². The second-order valence-electron chi connectivity index (χ2n) is 7.32. The molecule has 0 radical (unpaired) electrons. The highest BCUT2D eigenvalue weighted by atomic mass is 32.2. The molecule has 0 fully saturated rings. The first kappa shape index (κ1) is 24.8. The fourth-order valence-electron chi connectivity index (χ4n) is 3.04. The Morgan fingerprint density at radius 1 is 0.971 bits per heavy atom. The van der Waals surface area contributed by atoms with Crippen LogP contribution >= 0.6 is 0 Å². The van der Waals surface area contributed by atoms with Gasteiger partial charge in [-0.2, -0.15) is 0 Å². The van der Waals surface area contributed by atoms with Crippen LogP contribution in [0.2, 0.25) is 0 Å². The van der Waals surface area contributed by atoms with Gasteiger partial charge in [0.2, 0.25) is 0 Å². The van der Waals surface area contributed by atoms with Crippen LogP contribution in [0.5, 0.6) is 5.75 Å². The van der Waals surface area contributed by atoms with E-state index in [1.54, 1.807) is 78.9 Å². The highest BCUT2D eigenvalue weighted by molar-refractivity contribution is 7.92. The van der Waals surface area contributed by atoms with Crippen molar-refractivity contribution >= 4 is 33.8 Å². The summed E-state index contributed by atoms with van der Waals surface area (Å²) in [6.45, 7) is 0.223. The molecule has 8 heteroatoms. The van der Waals surface area contributed by atoms with Gasteiger partial charge in [-0.25, -0.2) is 13.2 Å². The van der Waals surface area contributed by atoms with Crippen LogP contribution in [0.3, 0.4) is 0 Å². The van der Waals surface area contributed by atoms with Crippen molar-refractivity contribution in [3.05, 3.63) is 102 Å². The quantitative estimate of drug-likeness (QED) is 0.351. The van der Waals surface area contributed by atoms with E-state index >= 15 is 0 Å². The third kappa shape index (κ3) is 7.61. The zero-order chi connectivity index (χ0) is 24.4. The van der Waals surface area contributed by atoms with Gasteiger partial charge in [-0.05, 0) is 42.0 Å². The molecule has 3 rings (SSSR count). The molecule has 0 spiro atoms. The number of sulfonamides is 1. The molecular formula is C26H25NO6S. The number of carboxylic acid groups (broad SMARTS) is 1. The van der Waals surface area contributed by atoms with Gasteiger partial charge in [0.05, 0.1) is 17.6 Å². The Morgan fingerprint density at radius 2 is 1.71 bits per heavy atom. The summed E-state index contributed by atoms with van der Waals surface area (Å²) in [6.07, 6.45) is 5.32. The van der Waals surface area contributed by atoms with E-state index in [1.165, 1.54) is 18.2 Å². The van der Waals surface area contributed by atoms with Crippen LogP contribution in [0.1, 0.15) is 17.5 Å². The molecule has 0 amide bonds. The number of benzene rings is 3. The number of aliphatic carboxylic acids is 1. The molecule has 3 aromatic carbocycles. The highest BCUT2D eigenvalue weighted by Crippen LogP contribution is 2.20. The van der Waals surface area contributed by atoms with Gasteiger partial charge in [-0.3, -0.25) is 4.72 Å². The molecular weight excluding hydrogens is 454 g/mol. The fraction of sp³-hybridized carbons (Fsp3) is 0.115. The minimum atomic E-state index is -3.69. The molecule has 0 unspecified atom stereocenters. The van der Waals surface area contributed by atoms with E-state index in [0.29, 0.717) is 23.4 Å². The lowest BCUT2D eigenvalue weighted by atomic mass is 10.1. The largest absolute Gasteiger partial charge is 0.493 e. The predicted octanol–water partition coefficient (Wildman–Crippen LogP) is 4.43. The van der Waals surface area contributed by atoms with Crippen molar-refractivity contribution in [1.82, 2.24) is 0 Å². The number of ether oxygens (including phenoxy) is 1. The maximum atomic E-state index is 12.5. The highest BCUT2D eigenvalue weighted by Gasteiger charge is 2.13. The SMILES string of the molecule is O=C(O)/C=C/c1ccccc1OCC[C@@H](O)/C=C/c1cccc(NS(=O)(=O)c2ccccc2)c1. The number of hydrogen-bond donors (Lipinski definition) is 3. The Hall–Kier alpha value is -3.88. The van der Waals surface area contributed by atoms with E-state index in [0.717, 1.165) is 11.6 Å². The van der Waals surface area contributed by atoms with Crippen LogP contribution in [-0.4, -0.2) is 37.3 Å². The van der Waals surface area contributed by atoms with Gasteiger partial charge >= 0.3 is 5.97 Å². The van der Waals surface area contributed by atoms with Crippen molar-refractivity contribution in [3.63, 3.8) is 0 Å². The third-order valence-corrected chi connectivity index (χ3v) is 6.10. The monoisotopic (exact) mass is 479 g/mol. The molecule has 0 aliphatic rings. The van der Waals surface area contributed by atoms with Gasteiger partial charge in [0.25, 0.3) is 10.0 Å². The first-order valence-corrected chi connectivity index (χ1v) is 12.0. The van der Waals surface area contributed by atoms with E-state index in [9.17, 15) is 18.3 Å². The molecule has 1 atom stereocenters. The summed E-state index contributed by atoms with van der Waals surface area (Å²) in [5, 5.41) is 19.1. The Balaban J connectivity index is 1.56. The van der Waals surface area contributed by atoms with Crippen molar-refractivity contribution in [2.75, 3.05) is 11.3 Å². The molecule has 7 nitrogen and oxygen atoms in total. The summed E-state index contributed by atoms with van der Waals surface area (Å²) in [5.41, 5.74) is 1.76.